The second kappa shape index (κ2) is 4.41. The van der Waals surface area contributed by atoms with Gasteiger partial charge in [0.15, 0.2) is 5.78 Å². The Morgan fingerprint density at radius 3 is 2.53 bits per heavy atom. The number of carbonyl (C=O) groups is 2. The molecule has 0 fully saturated rings. The average Bonchev–Trinajstić information content (AvgIpc) is 2.16. The third-order valence-corrected chi connectivity index (χ3v) is 1.90. The molecule has 0 bridgehead atoms. The second-order valence-corrected chi connectivity index (χ2v) is 3.14. The first-order chi connectivity index (χ1) is 7.00. The molecule has 0 radical (unpaired) electrons. The van der Waals surface area contributed by atoms with Crippen LogP contribution < -0.4 is 11.5 Å². The lowest BCUT2D eigenvalue weighted by molar-refractivity contribution is -0.113. The smallest absolute Gasteiger partial charge is 0.241 e. The third kappa shape index (κ3) is 2.95. The summed E-state index contributed by atoms with van der Waals surface area (Å²) in [5.74, 6) is -0.641. The van der Waals surface area contributed by atoms with Crippen LogP contribution in [0.25, 0.3) is 6.08 Å². The van der Waals surface area contributed by atoms with Crippen LogP contribution in [-0.4, -0.2) is 11.7 Å². The molecule has 0 heterocycles. The number of nitrogens with two attached hydrogens (primary N) is 2. The van der Waals surface area contributed by atoms with Crippen molar-refractivity contribution in [2.45, 2.75) is 6.92 Å². The quantitative estimate of drug-likeness (QED) is 0.437. The van der Waals surface area contributed by atoms with Gasteiger partial charge in [-0.3, -0.25) is 9.59 Å². The van der Waals surface area contributed by atoms with Gasteiger partial charge < -0.3 is 11.5 Å². The van der Waals surface area contributed by atoms with Gasteiger partial charge in [0.1, 0.15) is 0 Å². The van der Waals surface area contributed by atoms with Gasteiger partial charge in [-0.05, 0) is 30.7 Å². The van der Waals surface area contributed by atoms with E-state index < -0.39 is 5.91 Å². The molecule has 0 aliphatic carbocycles. The summed E-state index contributed by atoms with van der Waals surface area (Å²) in [5.41, 5.74) is 12.2. The van der Waals surface area contributed by atoms with E-state index in [0.29, 0.717) is 16.8 Å². The number of amides is 1. The summed E-state index contributed by atoms with van der Waals surface area (Å²) >= 11 is 0. The van der Waals surface area contributed by atoms with E-state index in [1.807, 2.05) is 0 Å². The highest BCUT2D eigenvalue weighted by atomic mass is 16.1. The molecule has 1 aromatic carbocycles. The molecule has 0 saturated heterocycles. The molecule has 1 aromatic rings. The van der Waals surface area contributed by atoms with Crippen LogP contribution in [0.1, 0.15) is 22.8 Å². The summed E-state index contributed by atoms with van der Waals surface area (Å²) in [7, 11) is 0. The number of hydrogen-bond acceptors (Lipinski definition) is 3. The summed E-state index contributed by atoms with van der Waals surface area (Å²) in [6.07, 6.45) is 2.77. The van der Waals surface area contributed by atoms with Gasteiger partial charge in [0.25, 0.3) is 0 Å². The first-order valence-corrected chi connectivity index (χ1v) is 4.38. The molecule has 0 aliphatic rings. The molecule has 15 heavy (non-hydrogen) atoms. The summed E-state index contributed by atoms with van der Waals surface area (Å²) in [4.78, 5) is 21.7. The van der Waals surface area contributed by atoms with Crippen LogP contribution in [0.15, 0.2) is 24.3 Å². The van der Waals surface area contributed by atoms with Gasteiger partial charge in [-0.1, -0.05) is 6.07 Å². The minimum Gasteiger partial charge on any atom is -0.398 e. The topological polar surface area (TPSA) is 86.2 Å². The maximum absolute atomic E-state index is 11.2. The second-order valence-electron chi connectivity index (χ2n) is 3.14. The van der Waals surface area contributed by atoms with Crippen LogP contribution >= 0.6 is 0 Å². The number of anilines is 1. The Hall–Kier alpha value is -2.10. The normalized spacial score (nSPS) is 10.5. The van der Waals surface area contributed by atoms with Crippen LogP contribution in [-0.2, 0) is 4.79 Å². The molecular weight excluding hydrogens is 192 g/mol. The van der Waals surface area contributed by atoms with Gasteiger partial charge in [-0.25, -0.2) is 0 Å². The van der Waals surface area contributed by atoms with Crippen LogP contribution in [0.5, 0.6) is 0 Å². The van der Waals surface area contributed by atoms with Crippen molar-refractivity contribution in [1.82, 2.24) is 0 Å². The number of nitrogen functional groups attached to an aromatic ring is 1. The van der Waals surface area contributed by atoms with E-state index in [9.17, 15) is 9.59 Å². The third-order valence-electron chi connectivity index (χ3n) is 1.90. The monoisotopic (exact) mass is 204 g/mol. The van der Waals surface area contributed by atoms with Crippen LogP contribution in [0.3, 0.4) is 0 Å². The Balaban J connectivity index is 3.08. The van der Waals surface area contributed by atoms with Crippen molar-refractivity contribution in [3.05, 3.63) is 35.4 Å². The van der Waals surface area contributed by atoms with Gasteiger partial charge in [0.05, 0.1) is 0 Å². The number of Topliss-reactive ketones (excluding diaryl/α,β-unsaturated/α-hetero) is 1. The Morgan fingerprint density at radius 1 is 1.33 bits per heavy atom. The molecule has 0 atom stereocenters. The first kappa shape index (κ1) is 11.0. The van der Waals surface area contributed by atoms with E-state index in [0.717, 1.165) is 0 Å². The fraction of sp³-hybridized carbons (Fsp3) is 0.0909. The minimum atomic E-state index is -0.531. The van der Waals surface area contributed by atoms with Crippen LogP contribution in [0, 0.1) is 0 Å². The Labute approximate surface area is 87.6 Å². The zero-order valence-electron chi connectivity index (χ0n) is 8.36. The molecule has 1 rings (SSSR count). The first-order valence-electron chi connectivity index (χ1n) is 4.38. The van der Waals surface area contributed by atoms with Gasteiger partial charge >= 0.3 is 0 Å². The summed E-state index contributed by atoms with van der Waals surface area (Å²) < 4.78 is 0. The molecular formula is C11H12N2O2. The van der Waals surface area contributed by atoms with Crippen LogP contribution in [0.2, 0.25) is 0 Å². The van der Waals surface area contributed by atoms with E-state index in [4.69, 9.17) is 11.5 Å². The fourth-order valence-electron chi connectivity index (χ4n) is 1.16. The lowest BCUT2D eigenvalue weighted by Crippen LogP contribution is -2.05. The van der Waals surface area contributed by atoms with Gasteiger partial charge in [0, 0.05) is 17.3 Å². The van der Waals surface area contributed by atoms with Crippen LogP contribution in [0.4, 0.5) is 5.69 Å². The zero-order valence-corrected chi connectivity index (χ0v) is 8.36. The van der Waals surface area contributed by atoms with E-state index in [-0.39, 0.29) is 5.78 Å². The summed E-state index contributed by atoms with van der Waals surface area (Å²) in [6, 6.07) is 4.95. The van der Waals surface area contributed by atoms with Crippen molar-refractivity contribution in [1.29, 1.82) is 0 Å². The largest absolute Gasteiger partial charge is 0.398 e. The predicted octanol–water partition coefficient (Wildman–Crippen LogP) is 0.970. The highest BCUT2D eigenvalue weighted by Crippen LogP contribution is 2.15. The van der Waals surface area contributed by atoms with Crippen molar-refractivity contribution in [3.63, 3.8) is 0 Å². The summed E-state index contributed by atoms with van der Waals surface area (Å²) in [5, 5.41) is 0. The van der Waals surface area contributed by atoms with Gasteiger partial charge in [0.2, 0.25) is 5.91 Å². The lowest BCUT2D eigenvalue weighted by Gasteiger charge is -2.02. The highest BCUT2D eigenvalue weighted by Gasteiger charge is 2.04. The maximum atomic E-state index is 11.2. The molecule has 0 aromatic heterocycles. The van der Waals surface area contributed by atoms with E-state index in [2.05, 4.69) is 0 Å². The van der Waals surface area contributed by atoms with Crippen molar-refractivity contribution >= 4 is 23.5 Å². The molecule has 0 spiro atoms. The minimum absolute atomic E-state index is 0.109. The lowest BCUT2D eigenvalue weighted by atomic mass is 10.1. The Kier molecular flexibility index (Phi) is 3.23. The molecule has 4 N–H and O–H groups in total. The zero-order chi connectivity index (χ0) is 11.4. The molecule has 0 saturated carbocycles. The highest BCUT2D eigenvalue weighted by molar-refractivity contribution is 6.00. The molecule has 4 nitrogen and oxygen atoms in total. The SMILES string of the molecule is CC(=O)c1cc(C=CC(N)=O)ccc1N. The number of rotatable bonds is 3. The molecule has 0 aliphatic heterocycles. The molecule has 1 amide bonds. The number of primary amides is 1. The Morgan fingerprint density at radius 2 is 2.00 bits per heavy atom. The molecule has 78 valence electrons. The van der Waals surface area contributed by atoms with E-state index in [1.54, 1.807) is 18.2 Å². The number of carbonyl (C=O) groups excluding carboxylic acids is 2. The van der Waals surface area contributed by atoms with Crippen molar-refractivity contribution in [3.8, 4) is 0 Å². The predicted molar refractivity (Wildman–Crippen MR) is 59.1 cm³/mol. The fourth-order valence-corrected chi connectivity index (χ4v) is 1.16. The number of benzene rings is 1. The van der Waals surface area contributed by atoms with Crippen molar-refractivity contribution in [2.75, 3.05) is 5.73 Å². The van der Waals surface area contributed by atoms with Crippen molar-refractivity contribution < 1.29 is 9.59 Å². The molecule has 4 heteroatoms. The van der Waals surface area contributed by atoms with Crippen molar-refractivity contribution in [2.24, 2.45) is 5.73 Å². The average molecular weight is 204 g/mol. The van der Waals surface area contributed by atoms with E-state index in [1.165, 1.54) is 19.1 Å². The standard InChI is InChI=1S/C11H12N2O2/c1-7(14)9-6-8(2-4-10(9)12)3-5-11(13)15/h2-6H,12H2,1H3,(H2,13,15). The number of hydrogen-bond donors (Lipinski definition) is 2. The van der Waals surface area contributed by atoms with Gasteiger partial charge in [-0.15, -0.1) is 0 Å². The van der Waals surface area contributed by atoms with E-state index >= 15 is 0 Å². The number of ketones is 1. The maximum Gasteiger partial charge on any atom is 0.241 e. The van der Waals surface area contributed by atoms with Gasteiger partial charge in [-0.2, -0.15) is 0 Å². The summed E-state index contributed by atoms with van der Waals surface area (Å²) in [6.45, 7) is 1.44. The Bertz CT molecular complexity index is 436. The molecule has 0 unspecified atom stereocenters.